The highest BCUT2D eigenvalue weighted by atomic mass is 32.2. The molecule has 0 aliphatic rings. The van der Waals surface area contributed by atoms with Gasteiger partial charge < -0.3 is 4.57 Å². The minimum atomic E-state index is -3.76. The van der Waals surface area contributed by atoms with Crippen LogP contribution in [0.15, 0.2) is 65.6 Å². The summed E-state index contributed by atoms with van der Waals surface area (Å²) in [5, 5.41) is 0.235. The fourth-order valence-electron chi connectivity index (χ4n) is 3.09. The number of carbonyl (C=O) groups is 1. The lowest BCUT2D eigenvalue weighted by Crippen LogP contribution is -2.31. The van der Waals surface area contributed by atoms with Crippen LogP contribution < -0.4 is 10.3 Å². The maximum absolute atomic E-state index is 12.9. The molecule has 0 unspecified atom stereocenters. The van der Waals surface area contributed by atoms with Crippen molar-refractivity contribution in [3.05, 3.63) is 82.4 Å². The van der Waals surface area contributed by atoms with Crippen molar-refractivity contribution in [2.24, 2.45) is 0 Å². The van der Waals surface area contributed by atoms with Crippen LogP contribution in [0.25, 0.3) is 16.7 Å². The number of amides is 1. The summed E-state index contributed by atoms with van der Waals surface area (Å²) in [4.78, 5) is 30.0. The third-order valence-electron chi connectivity index (χ3n) is 4.27. The second-order valence-electron chi connectivity index (χ2n) is 6.39. The molecule has 28 heavy (non-hydrogen) atoms. The van der Waals surface area contributed by atoms with E-state index in [-0.39, 0.29) is 23.2 Å². The first-order valence-electron chi connectivity index (χ1n) is 8.40. The zero-order chi connectivity index (χ0) is 19.9. The Balaban J connectivity index is 1.99. The maximum Gasteiger partial charge on any atom is 0.281 e. The van der Waals surface area contributed by atoms with E-state index in [2.05, 4.69) is 4.98 Å². The first kappa shape index (κ1) is 17.9. The number of carbonyl (C=O) groups excluding carboxylic acids is 1. The van der Waals surface area contributed by atoms with Gasteiger partial charge in [0.1, 0.15) is 17.0 Å². The summed E-state index contributed by atoms with van der Waals surface area (Å²) in [7, 11) is -3.76. The number of nitrogens with one attached hydrogen (secondary N) is 1. The molecular formula is C19H16N4O4S. The number of nitrogens with zero attached hydrogens (tertiary/aromatic N) is 3. The van der Waals surface area contributed by atoms with Crippen LogP contribution in [0.5, 0.6) is 0 Å². The summed E-state index contributed by atoms with van der Waals surface area (Å²) < 4.78 is 28.0. The van der Waals surface area contributed by atoms with Crippen LogP contribution in [0.2, 0.25) is 0 Å². The highest BCUT2D eigenvalue weighted by molar-refractivity contribution is 7.89. The van der Waals surface area contributed by atoms with Crippen LogP contribution in [0.4, 0.5) is 0 Å². The molecule has 0 spiro atoms. The number of hydrogen-bond acceptors (Lipinski definition) is 5. The van der Waals surface area contributed by atoms with Crippen LogP contribution in [0, 0.1) is 0 Å². The van der Waals surface area contributed by atoms with Gasteiger partial charge in [-0.2, -0.15) is 0 Å². The van der Waals surface area contributed by atoms with Crippen molar-refractivity contribution < 1.29 is 13.2 Å². The van der Waals surface area contributed by atoms with E-state index in [4.69, 9.17) is 0 Å². The molecule has 0 bridgehead atoms. The Morgan fingerprint density at radius 2 is 1.82 bits per heavy atom. The number of fused-ring (bicyclic) bond motifs is 2. The third-order valence-corrected chi connectivity index (χ3v) is 4.83. The van der Waals surface area contributed by atoms with Gasteiger partial charge in [0.15, 0.2) is 0 Å². The first-order valence-corrected chi connectivity index (χ1v) is 10.3. The molecule has 0 saturated heterocycles. The second kappa shape index (κ2) is 6.61. The number of benzene rings is 1. The molecule has 1 aromatic carbocycles. The molecule has 3 aromatic heterocycles. The number of sulfonamides is 1. The monoisotopic (exact) mass is 396 g/mol. The van der Waals surface area contributed by atoms with Crippen LogP contribution in [-0.4, -0.2) is 34.5 Å². The molecule has 0 radical (unpaired) electrons. The fourth-order valence-corrected chi connectivity index (χ4v) is 3.53. The summed E-state index contributed by atoms with van der Waals surface area (Å²) in [5.41, 5.74) is 1.34. The number of rotatable bonds is 4. The van der Waals surface area contributed by atoms with E-state index < -0.39 is 15.9 Å². The minimum absolute atomic E-state index is 0.0461. The molecule has 0 saturated carbocycles. The van der Waals surface area contributed by atoms with E-state index in [9.17, 15) is 18.0 Å². The fraction of sp³-hybridized carbons (Fsp3) is 0.105. The Hall–Kier alpha value is -3.46. The molecule has 8 nitrogen and oxygen atoms in total. The van der Waals surface area contributed by atoms with Gasteiger partial charge in [0.2, 0.25) is 10.0 Å². The van der Waals surface area contributed by atoms with Crippen molar-refractivity contribution >= 4 is 32.6 Å². The highest BCUT2D eigenvalue weighted by Crippen LogP contribution is 2.19. The maximum atomic E-state index is 12.9. The van der Waals surface area contributed by atoms with Crippen molar-refractivity contribution in [1.29, 1.82) is 0 Å². The lowest BCUT2D eigenvalue weighted by molar-refractivity contribution is 0.0973. The Labute approximate surface area is 160 Å². The Morgan fingerprint density at radius 3 is 2.54 bits per heavy atom. The van der Waals surface area contributed by atoms with E-state index >= 15 is 0 Å². The average molecular weight is 396 g/mol. The average Bonchev–Trinajstić information content (AvgIpc) is 3.00. The van der Waals surface area contributed by atoms with E-state index in [0.29, 0.717) is 11.3 Å². The van der Waals surface area contributed by atoms with Gasteiger partial charge in [-0.25, -0.2) is 18.1 Å². The van der Waals surface area contributed by atoms with Gasteiger partial charge in [-0.1, -0.05) is 36.4 Å². The summed E-state index contributed by atoms with van der Waals surface area (Å²) in [6.45, 7) is 0.256. The van der Waals surface area contributed by atoms with Crippen molar-refractivity contribution in [2.45, 2.75) is 6.54 Å². The lowest BCUT2D eigenvalue weighted by Gasteiger charge is -2.10. The zero-order valence-electron chi connectivity index (χ0n) is 14.9. The quantitative estimate of drug-likeness (QED) is 0.562. The zero-order valence-corrected chi connectivity index (χ0v) is 15.7. The van der Waals surface area contributed by atoms with Crippen molar-refractivity contribution in [2.75, 3.05) is 6.26 Å². The van der Waals surface area contributed by atoms with Crippen molar-refractivity contribution in [3.8, 4) is 0 Å². The van der Waals surface area contributed by atoms with Gasteiger partial charge in [0.05, 0.1) is 11.6 Å². The van der Waals surface area contributed by atoms with Gasteiger partial charge in [0.25, 0.3) is 11.5 Å². The van der Waals surface area contributed by atoms with Gasteiger partial charge in [0, 0.05) is 12.7 Å². The standard InChI is InChI=1S/C19H16N4O4S/c1-28(26,27)21-18(24)15-11-14-17(23(15)12-13-7-3-2-4-8-13)20-16-9-5-6-10-22(16)19(14)25/h2-11H,12H2,1H3,(H,21,24). The second-order valence-corrected chi connectivity index (χ2v) is 8.14. The molecule has 3 heterocycles. The predicted molar refractivity (Wildman–Crippen MR) is 105 cm³/mol. The molecule has 0 aliphatic carbocycles. The molecule has 4 rings (SSSR count). The van der Waals surface area contributed by atoms with Gasteiger partial charge in [-0.3, -0.25) is 14.0 Å². The summed E-state index contributed by atoms with van der Waals surface area (Å²) in [5.74, 6) is -0.815. The minimum Gasteiger partial charge on any atom is -0.316 e. The molecule has 0 atom stereocenters. The summed E-state index contributed by atoms with van der Waals surface area (Å²) in [6, 6.07) is 15.9. The van der Waals surface area contributed by atoms with Crippen molar-refractivity contribution in [1.82, 2.24) is 18.7 Å². The van der Waals surface area contributed by atoms with Crippen molar-refractivity contribution in [3.63, 3.8) is 0 Å². The lowest BCUT2D eigenvalue weighted by atomic mass is 10.2. The van der Waals surface area contributed by atoms with Crippen LogP contribution in [0.3, 0.4) is 0 Å². The first-order chi connectivity index (χ1) is 13.3. The Kier molecular flexibility index (Phi) is 4.23. The predicted octanol–water partition coefficient (Wildman–Crippen LogP) is 1.39. The largest absolute Gasteiger partial charge is 0.316 e. The molecule has 0 fully saturated rings. The van der Waals surface area contributed by atoms with Gasteiger partial charge >= 0.3 is 0 Å². The van der Waals surface area contributed by atoms with E-state index in [1.807, 2.05) is 35.1 Å². The number of hydrogen-bond donors (Lipinski definition) is 1. The smallest absolute Gasteiger partial charge is 0.281 e. The Bertz CT molecular complexity index is 1370. The summed E-state index contributed by atoms with van der Waals surface area (Å²) in [6.07, 6.45) is 2.49. The van der Waals surface area contributed by atoms with Crippen LogP contribution >= 0.6 is 0 Å². The highest BCUT2D eigenvalue weighted by Gasteiger charge is 2.21. The van der Waals surface area contributed by atoms with E-state index in [1.54, 1.807) is 29.0 Å². The molecule has 0 aliphatic heterocycles. The topological polar surface area (TPSA) is 103 Å². The normalized spacial score (nSPS) is 11.8. The van der Waals surface area contributed by atoms with Crippen LogP contribution in [0.1, 0.15) is 16.1 Å². The molecule has 1 amide bonds. The van der Waals surface area contributed by atoms with Gasteiger partial charge in [-0.15, -0.1) is 0 Å². The molecule has 9 heteroatoms. The van der Waals surface area contributed by atoms with Gasteiger partial charge in [-0.05, 0) is 23.8 Å². The molecule has 1 N–H and O–H groups in total. The SMILES string of the molecule is CS(=O)(=O)NC(=O)c1cc2c(=O)n3ccccc3nc2n1Cc1ccccc1. The number of aromatic nitrogens is 3. The third kappa shape index (κ3) is 3.27. The Morgan fingerprint density at radius 1 is 1.11 bits per heavy atom. The van der Waals surface area contributed by atoms with Crippen LogP contribution in [-0.2, 0) is 16.6 Å². The number of pyridine rings is 1. The molecule has 142 valence electrons. The molecule has 4 aromatic rings. The van der Waals surface area contributed by atoms with E-state index in [1.165, 1.54) is 10.5 Å². The van der Waals surface area contributed by atoms with E-state index in [0.717, 1.165) is 11.8 Å². The summed E-state index contributed by atoms with van der Waals surface area (Å²) >= 11 is 0. The molecular weight excluding hydrogens is 380 g/mol.